The molecular weight excluding hydrogens is 230 g/mol. The number of hydrogen-bond donors (Lipinski definition) is 2. The third-order valence-electron chi connectivity index (χ3n) is 2.45. The predicted octanol–water partition coefficient (Wildman–Crippen LogP) is -0.203. The zero-order chi connectivity index (χ0) is 12.8. The summed E-state index contributed by atoms with van der Waals surface area (Å²) in [6.45, 7) is 6.64. The SMILES string of the molecule is CCOCC(O)CNCC(C)(C)S(C)(=O)=O. The Balaban J connectivity index is 3.90. The lowest BCUT2D eigenvalue weighted by molar-refractivity contribution is 0.0427. The third-order valence-corrected chi connectivity index (χ3v) is 4.60. The Morgan fingerprint density at radius 1 is 1.44 bits per heavy atom. The minimum absolute atomic E-state index is 0.267. The average molecular weight is 253 g/mol. The first-order valence-corrected chi connectivity index (χ1v) is 7.26. The number of ether oxygens (including phenoxy) is 1. The van der Waals surface area contributed by atoms with Crippen LogP contribution in [0.25, 0.3) is 0 Å². The molecule has 0 aromatic carbocycles. The van der Waals surface area contributed by atoms with Gasteiger partial charge in [-0.3, -0.25) is 0 Å². The molecule has 6 heteroatoms. The molecule has 0 aromatic rings. The summed E-state index contributed by atoms with van der Waals surface area (Å²) in [5.41, 5.74) is 0. The Hall–Kier alpha value is -0.170. The van der Waals surface area contributed by atoms with Crippen LogP contribution in [0.4, 0.5) is 0 Å². The first-order chi connectivity index (χ1) is 7.20. The number of hydrogen-bond acceptors (Lipinski definition) is 5. The van der Waals surface area contributed by atoms with Gasteiger partial charge in [0.2, 0.25) is 0 Å². The normalized spacial score (nSPS) is 15.1. The van der Waals surface area contributed by atoms with Crippen LogP contribution in [-0.2, 0) is 14.6 Å². The largest absolute Gasteiger partial charge is 0.389 e. The summed E-state index contributed by atoms with van der Waals surface area (Å²) < 4.78 is 27.0. The number of rotatable bonds is 8. The summed E-state index contributed by atoms with van der Waals surface area (Å²) in [6, 6.07) is 0. The van der Waals surface area contributed by atoms with Crippen LogP contribution in [0.5, 0.6) is 0 Å². The van der Waals surface area contributed by atoms with Gasteiger partial charge in [-0.05, 0) is 20.8 Å². The molecular formula is C10H23NO4S. The molecule has 0 aromatic heterocycles. The van der Waals surface area contributed by atoms with E-state index in [9.17, 15) is 13.5 Å². The maximum atomic E-state index is 11.4. The second kappa shape index (κ2) is 6.54. The lowest BCUT2D eigenvalue weighted by Gasteiger charge is -2.23. The van der Waals surface area contributed by atoms with Gasteiger partial charge in [-0.25, -0.2) is 8.42 Å². The molecule has 0 saturated carbocycles. The summed E-state index contributed by atoms with van der Waals surface area (Å²) in [5.74, 6) is 0. The van der Waals surface area contributed by atoms with Gasteiger partial charge in [0, 0.05) is 26.0 Å². The van der Waals surface area contributed by atoms with Crippen LogP contribution in [0, 0.1) is 0 Å². The van der Waals surface area contributed by atoms with E-state index in [1.165, 1.54) is 6.26 Å². The zero-order valence-corrected chi connectivity index (χ0v) is 11.3. The van der Waals surface area contributed by atoms with Gasteiger partial charge in [-0.15, -0.1) is 0 Å². The van der Waals surface area contributed by atoms with Gasteiger partial charge in [0.05, 0.1) is 17.5 Å². The highest BCUT2D eigenvalue weighted by Gasteiger charge is 2.29. The number of aliphatic hydroxyl groups excluding tert-OH is 1. The maximum absolute atomic E-state index is 11.4. The lowest BCUT2D eigenvalue weighted by atomic mass is 10.2. The van der Waals surface area contributed by atoms with Crippen molar-refractivity contribution in [1.82, 2.24) is 5.32 Å². The molecule has 0 heterocycles. The van der Waals surface area contributed by atoms with Crippen LogP contribution in [0.3, 0.4) is 0 Å². The molecule has 0 amide bonds. The number of sulfone groups is 1. The Morgan fingerprint density at radius 3 is 2.44 bits per heavy atom. The summed E-state index contributed by atoms with van der Waals surface area (Å²) in [4.78, 5) is 0. The van der Waals surface area contributed by atoms with E-state index in [-0.39, 0.29) is 6.61 Å². The quantitative estimate of drug-likeness (QED) is 0.626. The zero-order valence-electron chi connectivity index (χ0n) is 10.5. The van der Waals surface area contributed by atoms with Crippen LogP contribution in [0.15, 0.2) is 0 Å². The Kier molecular flexibility index (Phi) is 6.47. The van der Waals surface area contributed by atoms with Crippen molar-refractivity contribution in [2.45, 2.75) is 31.6 Å². The van der Waals surface area contributed by atoms with E-state index in [2.05, 4.69) is 5.32 Å². The summed E-state index contributed by atoms with van der Waals surface area (Å²) in [6.07, 6.45) is 0.612. The molecule has 0 bridgehead atoms. The molecule has 1 unspecified atom stereocenters. The molecule has 0 fully saturated rings. The van der Waals surface area contributed by atoms with Crippen molar-refractivity contribution < 1.29 is 18.3 Å². The van der Waals surface area contributed by atoms with Crippen molar-refractivity contribution >= 4 is 9.84 Å². The van der Waals surface area contributed by atoms with E-state index >= 15 is 0 Å². The summed E-state index contributed by atoms with van der Waals surface area (Å²) >= 11 is 0. The molecule has 0 aliphatic heterocycles. The molecule has 2 N–H and O–H groups in total. The van der Waals surface area contributed by atoms with Gasteiger partial charge in [0.1, 0.15) is 0 Å². The van der Waals surface area contributed by atoms with Crippen LogP contribution in [0.1, 0.15) is 20.8 Å². The number of nitrogens with one attached hydrogen (secondary N) is 1. The summed E-state index contributed by atoms with van der Waals surface area (Å²) in [5, 5.41) is 12.4. The predicted molar refractivity (Wildman–Crippen MR) is 64.3 cm³/mol. The molecule has 98 valence electrons. The molecule has 0 saturated heterocycles. The van der Waals surface area contributed by atoms with Gasteiger partial charge in [0.15, 0.2) is 9.84 Å². The van der Waals surface area contributed by atoms with Gasteiger partial charge >= 0.3 is 0 Å². The fourth-order valence-electron chi connectivity index (χ4n) is 0.984. The minimum Gasteiger partial charge on any atom is -0.389 e. The Labute approximate surface area is 98.1 Å². The van der Waals surface area contributed by atoms with Crippen molar-refractivity contribution in [3.05, 3.63) is 0 Å². The Bertz CT molecular complexity index is 287. The number of aliphatic hydroxyl groups is 1. The van der Waals surface area contributed by atoms with Crippen molar-refractivity contribution in [3.8, 4) is 0 Å². The van der Waals surface area contributed by atoms with Crippen LogP contribution >= 0.6 is 0 Å². The molecule has 1 atom stereocenters. The van der Waals surface area contributed by atoms with Crippen LogP contribution in [-0.4, -0.2) is 56.9 Å². The molecule has 0 rings (SSSR count). The Morgan fingerprint density at radius 2 is 2.00 bits per heavy atom. The van der Waals surface area contributed by atoms with E-state index in [0.717, 1.165) is 0 Å². The van der Waals surface area contributed by atoms with Crippen molar-refractivity contribution in [1.29, 1.82) is 0 Å². The lowest BCUT2D eigenvalue weighted by Crippen LogP contribution is -2.44. The highest BCUT2D eigenvalue weighted by molar-refractivity contribution is 7.92. The molecule has 0 radical (unpaired) electrons. The monoisotopic (exact) mass is 253 g/mol. The minimum atomic E-state index is -3.09. The van der Waals surface area contributed by atoms with Gasteiger partial charge < -0.3 is 15.2 Å². The molecule has 5 nitrogen and oxygen atoms in total. The van der Waals surface area contributed by atoms with E-state index in [1.54, 1.807) is 13.8 Å². The average Bonchev–Trinajstić information content (AvgIpc) is 2.12. The topological polar surface area (TPSA) is 75.6 Å². The van der Waals surface area contributed by atoms with Crippen molar-refractivity contribution in [2.24, 2.45) is 0 Å². The smallest absolute Gasteiger partial charge is 0.153 e. The fourth-order valence-corrected chi connectivity index (χ4v) is 1.35. The highest BCUT2D eigenvalue weighted by Crippen LogP contribution is 2.13. The highest BCUT2D eigenvalue weighted by atomic mass is 32.2. The van der Waals surface area contributed by atoms with Crippen molar-refractivity contribution in [3.63, 3.8) is 0 Å². The van der Waals surface area contributed by atoms with E-state index in [4.69, 9.17) is 4.74 Å². The van der Waals surface area contributed by atoms with E-state index < -0.39 is 20.7 Å². The second-order valence-electron chi connectivity index (χ2n) is 4.48. The van der Waals surface area contributed by atoms with Crippen LogP contribution < -0.4 is 5.32 Å². The summed E-state index contributed by atoms with van der Waals surface area (Å²) in [7, 11) is -3.09. The molecule has 0 aliphatic carbocycles. The van der Waals surface area contributed by atoms with Gasteiger partial charge in [-0.2, -0.15) is 0 Å². The first kappa shape index (κ1) is 15.8. The van der Waals surface area contributed by atoms with E-state index in [0.29, 0.717) is 19.7 Å². The molecule has 16 heavy (non-hydrogen) atoms. The molecule has 0 spiro atoms. The van der Waals surface area contributed by atoms with Crippen LogP contribution in [0.2, 0.25) is 0 Å². The van der Waals surface area contributed by atoms with Gasteiger partial charge in [-0.1, -0.05) is 0 Å². The van der Waals surface area contributed by atoms with Gasteiger partial charge in [0.25, 0.3) is 0 Å². The first-order valence-electron chi connectivity index (χ1n) is 5.37. The standard InChI is InChI=1S/C10H23NO4S/c1-5-15-7-9(12)6-11-8-10(2,3)16(4,13)14/h9,11-12H,5-8H2,1-4H3. The van der Waals surface area contributed by atoms with E-state index in [1.807, 2.05) is 6.92 Å². The van der Waals surface area contributed by atoms with Crippen molar-refractivity contribution in [2.75, 3.05) is 32.6 Å². The molecule has 0 aliphatic rings. The fraction of sp³-hybridized carbons (Fsp3) is 1.00. The maximum Gasteiger partial charge on any atom is 0.153 e. The second-order valence-corrected chi connectivity index (χ2v) is 7.13. The third kappa shape index (κ3) is 5.79.